The number of amides is 1. The lowest BCUT2D eigenvalue weighted by Crippen LogP contribution is -2.35. The van der Waals surface area contributed by atoms with Crippen LogP contribution in [0.1, 0.15) is 38.5 Å². The lowest BCUT2D eigenvalue weighted by Gasteiger charge is -2.05. The monoisotopic (exact) mass is 228 g/mol. The van der Waals surface area contributed by atoms with Crippen molar-refractivity contribution >= 4 is 11.9 Å². The van der Waals surface area contributed by atoms with Crippen molar-refractivity contribution in [2.24, 2.45) is 0 Å². The maximum atomic E-state index is 11.2. The minimum absolute atomic E-state index is 0.0630. The Morgan fingerprint density at radius 1 is 1.19 bits per heavy atom. The summed E-state index contributed by atoms with van der Waals surface area (Å²) in [6.07, 6.45) is 4.99. The van der Waals surface area contributed by atoms with E-state index in [4.69, 9.17) is 5.11 Å². The fraction of sp³-hybridized carbons (Fsp3) is 0.818. The molecule has 0 aromatic carbocycles. The lowest BCUT2D eigenvalue weighted by atomic mass is 10.2. The number of unbranched alkanes of at least 4 members (excludes halogenated alkanes) is 2. The molecule has 1 aliphatic rings. The molecule has 5 nitrogen and oxygen atoms in total. The molecule has 3 N–H and O–H groups in total. The standard InChI is InChI=1S/C11H20N2O3/c14-10(13-9-5-6-9)8-12-7-3-1-2-4-11(15)16/h9,12H,1-8H2,(H,13,14)(H,15,16). The normalized spacial score (nSPS) is 14.8. The van der Waals surface area contributed by atoms with Crippen molar-refractivity contribution in [3.8, 4) is 0 Å². The van der Waals surface area contributed by atoms with E-state index in [2.05, 4.69) is 10.6 Å². The van der Waals surface area contributed by atoms with Gasteiger partial charge in [-0.2, -0.15) is 0 Å². The molecule has 92 valence electrons. The van der Waals surface area contributed by atoms with Crippen LogP contribution in [-0.2, 0) is 9.59 Å². The second kappa shape index (κ2) is 7.22. The number of nitrogens with one attached hydrogen (secondary N) is 2. The molecule has 1 aliphatic carbocycles. The Hall–Kier alpha value is -1.10. The van der Waals surface area contributed by atoms with Gasteiger partial charge in [0.1, 0.15) is 0 Å². The molecule has 0 atom stereocenters. The first kappa shape index (κ1) is 13.0. The zero-order chi connectivity index (χ0) is 11.8. The van der Waals surface area contributed by atoms with Crippen molar-refractivity contribution in [1.29, 1.82) is 0 Å². The summed E-state index contributed by atoms with van der Waals surface area (Å²) in [6.45, 7) is 1.15. The number of carboxylic acids is 1. The summed E-state index contributed by atoms with van der Waals surface area (Å²) in [5.74, 6) is -0.676. The van der Waals surface area contributed by atoms with Crippen molar-refractivity contribution in [2.45, 2.75) is 44.6 Å². The van der Waals surface area contributed by atoms with E-state index in [0.29, 0.717) is 19.0 Å². The second-order valence-corrected chi connectivity index (χ2v) is 4.22. The molecular formula is C11H20N2O3. The summed E-state index contributed by atoms with van der Waals surface area (Å²) in [6, 6.07) is 0.421. The molecule has 0 heterocycles. The molecule has 5 heteroatoms. The third-order valence-electron chi connectivity index (χ3n) is 2.47. The van der Waals surface area contributed by atoms with Gasteiger partial charge < -0.3 is 15.7 Å². The van der Waals surface area contributed by atoms with Crippen LogP contribution in [0.3, 0.4) is 0 Å². The molecular weight excluding hydrogens is 208 g/mol. The predicted octanol–water partition coefficient (Wildman–Crippen LogP) is 0.500. The van der Waals surface area contributed by atoms with Crippen molar-refractivity contribution in [3.63, 3.8) is 0 Å². The van der Waals surface area contributed by atoms with Crippen LogP contribution in [0.25, 0.3) is 0 Å². The SMILES string of the molecule is O=C(O)CCCCCNCC(=O)NC1CC1. The Balaban J connectivity index is 1.80. The zero-order valence-electron chi connectivity index (χ0n) is 9.50. The van der Waals surface area contributed by atoms with E-state index in [9.17, 15) is 9.59 Å². The van der Waals surface area contributed by atoms with Gasteiger partial charge in [-0.15, -0.1) is 0 Å². The Morgan fingerprint density at radius 3 is 2.56 bits per heavy atom. The van der Waals surface area contributed by atoms with E-state index in [1.54, 1.807) is 0 Å². The molecule has 1 saturated carbocycles. The first-order chi connectivity index (χ1) is 7.68. The van der Waals surface area contributed by atoms with Crippen molar-refractivity contribution in [2.75, 3.05) is 13.1 Å². The number of aliphatic carboxylic acids is 1. The number of carbonyl (C=O) groups excluding carboxylic acids is 1. The number of hydrogen-bond donors (Lipinski definition) is 3. The first-order valence-electron chi connectivity index (χ1n) is 5.90. The van der Waals surface area contributed by atoms with Gasteiger partial charge in [0.15, 0.2) is 0 Å². The minimum atomic E-state index is -0.739. The van der Waals surface area contributed by atoms with Crippen LogP contribution in [-0.4, -0.2) is 36.1 Å². The number of carbonyl (C=O) groups is 2. The Bertz CT molecular complexity index is 239. The van der Waals surface area contributed by atoms with Crippen LogP contribution >= 0.6 is 0 Å². The molecule has 0 spiro atoms. The molecule has 1 amide bonds. The highest BCUT2D eigenvalue weighted by Gasteiger charge is 2.22. The molecule has 16 heavy (non-hydrogen) atoms. The molecule has 0 aliphatic heterocycles. The third kappa shape index (κ3) is 7.23. The largest absolute Gasteiger partial charge is 0.481 e. The Kier molecular flexibility index (Phi) is 5.85. The van der Waals surface area contributed by atoms with Crippen molar-refractivity contribution in [3.05, 3.63) is 0 Å². The Labute approximate surface area is 95.6 Å². The smallest absolute Gasteiger partial charge is 0.303 e. The van der Waals surface area contributed by atoms with Crippen LogP contribution in [0.2, 0.25) is 0 Å². The maximum Gasteiger partial charge on any atom is 0.303 e. The van der Waals surface area contributed by atoms with Crippen LogP contribution in [0.15, 0.2) is 0 Å². The average molecular weight is 228 g/mol. The fourth-order valence-corrected chi connectivity index (χ4v) is 1.41. The van der Waals surface area contributed by atoms with Gasteiger partial charge in [0.2, 0.25) is 5.91 Å². The lowest BCUT2D eigenvalue weighted by molar-refractivity contribution is -0.137. The predicted molar refractivity (Wildman–Crippen MR) is 60.1 cm³/mol. The maximum absolute atomic E-state index is 11.2. The Morgan fingerprint density at radius 2 is 1.94 bits per heavy atom. The molecule has 0 saturated heterocycles. The molecule has 0 bridgehead atoms. The fourth-order valence-electron chi connectivity index (χ4n) is 1.41. The van der Waals surface area contributed by atoms with Gasteiger partial charge in [-0.05, 0) is 32.2 Å². The third-order valence-corrected chi connectivity index (χ3v) is 2.47. The topological polar surface area (TPSA) is 78.4 Å². The molecule has 0 unspecified atom stereocenters. The van der Waals surface area contributed by atoms with Gasteiger partial charge in [-0.25, -0.2) is 0 Å². The van der Waals surface area contributed by atoms with Crippen LogP contribution in [0, 0.1) is 0 Å². The minimum Gasteiger partial charge on any atom is -0.481 e. The average Bonchev–Trinajstić information content (AvgIpc) is 2.99. The molecule has 0 aromatic heterocycles. The van der Waals surface area contributed by atoms with E-state index in [-0.39, 0.29) is 12.3 Å². The van der Waals surface area contributed by atoms with Crippen molar-refractivity contribution in [1.82, 2.24) is 10.6 Å². The van der Waals surface area contributed by atoms with Gasteiger partial charge >= 0.3 is 5.97 Å². The number of hydrogen-bond acceptors (Lipinski definition) is 3. The van der Waals surface area contributed by atoms with Crippen molar-refractivity contribution < 1.29 is 14.7 Å². The number of carboxylic acid groups (broad SMARTS) is 1. The van der Waals surface area contributed by atoms with Gasteiger partial charge in [-0.3, -0.25) is 9.59 Å². The molecule has 1 fully saturated rings. The summed E-state index contributed by atoms with van der Waals surface area (Å²) in [4.78, 5) is 21.4. The van der Waals surface area contributed by atoms with Crippen LogP contribution in [0.4, 0.5) is 0 Å². The van der Waals surface area contributed by atoms with Gasteiger partial charge in [0.25, 0.3) is 0 Å². The highest BCUT2D eigenvalue weighted by atomic mass is 16.4. The first-order valence-corrected chi connectivity index (χ1v) is 5.90. The second-order valence-electron chi connectivity index (χ2n) is 4.22. The summed E-state index contributed by atoms with van der Waals surface area (Å²) >= 11 is 0. The van der Waals surface area contributed by atoms with Gasteiger partial charge in [0.05, 0.1) is 6.54 Å². The van der Waals surface area contributed by atoms with E-state index < -0.39 is 5.97 Å². The summed E-state index contributed by atoms with van der Waals surface area (Å²) in [5.41, 5.74) is 0. The van der Waals surface area contributed by atoms with Gasteiger partial charge in [-0.1, -0.05) is 6.42 Å². The van der Waals surface area contributed by atoms with Crippen LogP contribution < -0.4 is 10.6 Å². The number of rotatable bonds is 9. The molecule has 1 rings (SSSR count). The van der Waals surface area contributed by atoms with E-state index in [1.165, 1.54) is 0 Å². The van der Waals surface area contributed by atoms with Gasteiger partial charge in [0, 0.05) is 12.5 Å². The highest BCUT2D eigenvalue weighted by molar-refractivity contribution is 5.78. The summed E-state index contributed by atoms with van der Waals surface area (Å²) in [5, 5.41) is 14.3. The summed E-state index contributed by atoms with van der Waals surface area (Å²) < 4.78 is 0. The van der Waals surface area contributed by atoms with E-state index in [0.717, 1.165) is 32.2 Å². The summed E-state index contributed by atoms with van der Waals surface area (Å²) in [7, 11) is 0. The highest BCUT2D eigenvalue weighted by Crippen LogP contribution is 2.18. The molecule has 0 radical (unpaired) electrons. The van der Waals surface area contributed by atoms with E-state index in [1.807, 2.05) is 0 Å². The zero-order valence-corrected chi connectivity index (χ0v) is 9.50. The molecule has 0 aromatic rings. The van der Waals surface area contributed by atoms with Crippen LogP contribution in [0.5, 0.6) is 0 Å². The quantitative estimate of drug-likeness (QED) is 0.502. The van der Waals surface area contributed by atoms with E-state index >= 15 is 0 Å².